The van der Waals surface area contributed by atoms with Crippen molar-refractivity contribution < 1.29 is 4.79 Å². The Bertz CT molecular complexity index is 832. The number of hydrogen-bond acceptors (Lipinski definition) is 3. The minimum Gasteiger partial charge on any atom is -0.339 e. The smallest absolute Gasteiger partial charge is 0.223 e. The Kier molecular flexibility index (Phi) is 4.85. The first-order valence-corrected chi connectivity index (χ1v) is 8.14. The predicted molar refractivity (Wildman–Crippen MR) is 95.5 cm³/mol. The molecule has 4 nitrogen and oxygen atoms in total. The number of fused-ring (bicyclic) bond motifs is 1. The van der Waals surface area contributed by atoms with Crippen LogP contribution in [0.1, 0.15) is 30.6 Å². The highest BCUT2D eigenvalue weighted by Gasteiger charge is 2.17. The molecular formula is C20H21N3O. The van der Waals surface area contributed by atoms with Crippen LogP contribution in [0.5, 0.6) is 0 Å². The van der Waals surface area contributed by atoms with E-state index in [9.17, 15) is 4.79 Å². The van der Waals surface area contributed by atoms with Gasteiger partial charge in [0.2, 0.25) is 5.91 Å². The summed E-state index contributed by atoms with van der Waals surface area (Å²) in [5.41, 5.74) is 1.99. The van der Waals surface area contributed by atoms with Crippen LogP contribution < -0.4 is 0 Å². The van der Waals surface area contributed by atoms with Gasteiger partial charge >= 0.3 is 0 Å². The zero-order valence-corrected chi connectivity index (χ0v) is 14.0. The molecule has 0 saturated heterocycles. The van der Waals surface area contributed by atoms with Gasteiger partial charge in [-0.2, -0.15) is 0 Å². The van der Waals surface area contributed by atoms with Crippen LogP contribution >= 0.6 is 0 Å². The molecule has 1 atom stereocenters. The van der Waals surface area contributed by atoms with E-state index < -0.39 is 0 Å². The van der Waals surface area contributed by atoms with Crippen molar-refractivity contribution in [2.45, 2.75) is 25.8 Å². The predicted octanol–water partition coefficient (Wildman–Crippen LogP) is 3.78. The normalized spacial score (nSPS) is 12.1. The number of aromatic nitrogens is 2. The van der Waals surface area contributed by atoms with Gasteiger partial charge in [0.05, 0.1) is 11.7 Å². The molecule has 3 aromatic rings. The number of nitrogens with zero attached hydrogens (tertiary/aromatic N) is 3. The second-order valence-electron chi connectivity index (χ2n) is 5.98. The van der Waals surface area contributed by atoms with Gasteiger partial charge in [0.1, 0.15) is 0 Å². The third-order valence-corrected chi connectivity index (χ3v) is 4.44. The highest BCUT2D eigenvalue weighted by molar-refractivity contribution is 5.83. The maximum Gasteiger partial charge on any atom is 0.223 e. The molecule has 0 radical (unpaired) electrons. The van der Waals surface area contributed by atoms with Crippen LogP contribution in [0.25, 0.3) is 10.8 Å². The third kappa shape index (κ3) is 3.59. The minimum absolute atomic E-state index is 0.0314. The van der Waals surface area contributed by atoms with Gasteiger partial charge in [0, 0.05) is 32.1 Å². The molecule has 0 N–H and O–H groups in total. The topological polar surface area (TPSA) is 46.1 Å². The fourth-order valence-corrected chi connectivity index (χ4v) is 2.78. The highest BCUT2D eigenvalue weighted by Crippen LogP contribution is 2.24. The number of carbonyl (C=O) groups excluding carboxylic acids is 1. The Morgan fingerprint density at radius 3 is 2.67 bits per heavy atom. The molecule has 0 saturated carbocycles. The molecule has 0 unspecified atom stereocenters. The van der Waals surface area contributed by atoms with Gasteiger partial charge in [0.25, 0.3) is 0 Å². The fraction of sp³-hybridized carbons (Fsp3) is 0.250. The van der Waals surface area contributed by atoms with Gasteiger partial charge < -0.3 is 4.90 Å². The standard InChI is InChI=1S/C20H21N3O/c1-15(17-8-7-16-5-3-4-6-18(16)13-17)23(2)20(24)10-9-19-14-21-11-12-22-19/h3-8,11-15H,9-10H2,1-2H3/t15-/m1/s1. The largest absolute Gasteiger partial charge is 0.339 e. The summed E-state index contributed by atoms with van der Waals surface area (Å²) in [5.74, 6) is 0.112. The maximum atomic E-state index is 12.5. The molecule has 122 valence electrons. The van der Waals surface area contributed by atoms with E-state index in [2.05, 4.69) is 47.2 Å². The van der Waals surface area contributed by atoms with Crippen LogP contribution in [0.15, 0.2) is 61.1 Å². The summed E-state index contributed by atoms with van der Waals surface area (Å²) in [6, 6.07) is 14.7. The summed E-state index contributed by atoms with van der Waals surface area (Å²) in [7, 11) is 1.86. The van der Waals surface area contributed by atoms with Gasteiger partial charge in [-0.25, -0.2) is 0 Å². The molecule has 0 aliphatic carbocycles. The van der Waals surface area contributed by atoms with Crippen molar-refractivity contribution in [1.29, 1.82) is 0 Å². The quantitative estimate of drug-likeness (QED) is 0.719. The van der Waals surface area contributed by atoms with E-state index in [1.54, 1.807) is 23.5 Å². The van der Waals surface area contributed by atoms with Crippen LogP contribution in [0.2, 0.25) is 0 Å². The zero-order valence-electron chi connectivity index (χ0n) is 14.0. The highest BCUT2D eigenvalue weighted by atomic mass is 16.2. The third-order valence-electron chi connectivity index (χ3n) is 4.44. The van der Waals surface area contributed by atoms with E-state index in [0.29, 0.717) is 12.8 Å². The van der Waals surface area contributed by atoms with Gasteiger partial charge in [-0.3, -0.25) is 14.8 Å². The molecule has 0 aliphatic heterocycles. The molecule has 0 spiro atoms. The van der Waals surface area contributed by atoms with Gasteiger partial charge in [0.15, 0.2) is 0 Å². The average Bonchev–Trinajstić information content (AvgIpc) is 2.65. The molecule has 1 heterocycles. The second kappa shape index (κ2) is 7.21. The van der Waals surface area contributed by atoms with Crippen LogP contribution in [-0.2, 0) is 11.2 Å². The summed E-state index contributed by atoms with van der Waals surface area (Å²) in [6.07, 6.45) is 6.05. The van der Waals surface area contributed by atoms with Gasteiger partial charge in [-0.1, -0.05) is 36.4 Å². The van der Waals surface area contributed by atoms with E-state index in [1.165, 1.54) is 10.8 Å². The summed E-state index contributed by atoms with van der Waals surface area (Å²) in [6.45, 7) is 2.06. The molecule has 0 bridgehead atoms. The molecule has 0 aliphatic rings. The van der Waals surface area contributed by atoms with Crippen LogP contribution in [-0.4, -0.2) is 27.8 Å². The molecule has 2 aromatic carbocycles. The van der Waals surface area contributed by atoms with E-state index >= 15 is 0 Å². The molecular weight excluding hydrogens is 298 g/mol. The number of rotatable bonds is 5. The Balaban J connectivity index is 1.68. The van der Waals surface area contributed by atoms with E-state index in [1.807, 2.05) is 19.2 Å². The summed E-state index contributed by atoms with van der Waals surface area (Å²) in [5, 5.41) is 2.41. The zero-order chi connectivity index (χ0) is 16.9. The first-order chi connectivity index (χ1) is 11.6. The fourth-order valence-electron chi connectivity index (χ4n) is 2.78. The average molecular weight is 319 g/mol. The van der Waals surface area contributed by atoms with Crippen molar-refractivity contribution in [2.24, 2.45) is 0 Å². The number of benzene rings is 2. The van der Waals surface area contributed by atoms with Crippen molar-refractivity contribution in [3.8, 4) is 0 Å². The lowest BCUT2D eigenvalue weighted by atomic mass is 10.0. The molecule has 24 heavy (non-hydrogen) atoms. The van der Waals surface area contributed by atoms with E-state index in [-0.39, 0.29) is 11.9 Å². The van der Waals surface area contributed by atoms with Crippen LogP contribution in [0.4, 0.5) is 0 Å². The molecule has 3 rings (SSSR count). The van der Waals surface area contributed by atoms with Crippen molar-refractivity contribution in [2.75, 3.05) is 7.05 Å². The Morgan fingerprint density at radius 1 is 1.12 bits per heavy atom. The summed E-state index contributed by atoms with van der Waals surface area (Å²) < 4.78 is 0. The van der Waals surface area contributed by atoms with Crippen LogP contribution in [0.3, 0.4) is 0 Å². The number of amides is 1. The SMILES string of the molecule is C[C@H](c1ccc2ccccc2c1)N(C)C(=O)CCc1cnccn1. The maximum absolute atomic E-state index is 12.5. The Labute approximate surface area is 142 Å². The van der Waals surface area contributed by atoms with E-state index in [4.69, 9.17) is 0 Å². The number of hydrogen-bond donors (Lipinski definition) is 0. The lowest BCUT2D eigenvalue weighted by Crippen LogP contribution is -2.29. The summed E-state index contributed by atoms with van der Waals surface area (Å²) in [4.78, 5) is 22.5. The minimum atomic E-state index is 0.0314. The summed E-state index contributed by atoms with van der Waals surface area (Å²) >= 11 is 0. The lowest BCUT2D eigenvalue weighted by Gasteiger charge is -2.25. The molecule has 0 fully saturated rings. The molecule has 1 amide bonds. The van der Waals surface area contributed by atoms with E-state index in [0.717, 1.165) is 11.3 Å². The van der Waals surface area contributed by atoms with Crippen LogP contribution in [0, 0.1) is 0 Å². The number of aryl methyl sites for hydroxylation is 1. The molecule has 1 aromatic heterocycles. The van der Waals surface area contributed by atoms with Crippen molar-refractivity contribution >= 4 is 16.7 Å². The lowest BCUT2D eigenvalue weighted by molar-refractivity contribution is -0.131. The van der Waals surface area contributed by atoms with Gasteiger partial charge in [-0.05, 0) is 35.7 Å². The Hall–Kier alpha value is -2.75. The monoisotopic (exact) mass is 319 g/mol. The Morgan fingerprint density at radius 2 is 1.92 bits per heavy atom. The van der Waals surface area contributed by atoms with Crippen molar-refractivity contribution in [1.82, 2.24) is 14.9 Å². The second-order valence-corrected chi connectivity index (χ2v) is 5.98. The first-order valence-electron chi connectivity index (χ1n) is 8.14. The number of carbonyl (C=O) groups is 1. The molecule has 4 heteroatoms. The van der Waals surface area contributed by atoms with Gasteiger partial charge in [-0.15, -0.1) is 0 Å². The van der Waals surface area contributed by atoms with Crippen molar-refractivity contribution in [3.05, 3.63) is 72.3 Å². The first kappa shape index (κ1) is 16.1. The van der Waals surface area contributed by atoms with Crippen molar-refractivity contribution in [3.63, 3.8) is 0 Å².